The second kappa shape index (κ2) is 7.84. The van der Waals surface area contributed by atoms with Gasteiger partial charge in [0.05, 0.1) is 11.8 Å². The average Bonchev–Trinajstić information content (AvgIpc) is 2.50. The molecule has 0 aromatic heterocycles. The first-order chi connectivity index (χ1) is 10.2. The minimum atomic E-state index is -0.219. The van der Waals surface area contributed by atoms with Gasteiger partial charge in [-0.3, -0.25) is 4.79 Å². The predicted octanol–water partition coefficient (Wildman–Crippen LogP) is 3.94. The number of benzene rings is 2. The summed E-state index contributed by atoms with van der Waals surface area (Å²) in [7, 11) is 0. The van der Waals surface area contributed by atoms with Gasteiger partial charge in [0.1, 0.15) is 5.82 Å². The Balaban J connectivity index is 1.76. The lowest BCUT2D eigenvalue weighted by Crippen LogP contribution is -2.28. The summed E-state index contributed by atoms with van der Waals surface area (Å²) < 4.78 is 13.4. The summed E-state index contributed by atoms with van der Waals surface area (Å²) in [5.74, 6) is 0.571. The summed E-state index contributed by atoms with van der Waals surface area (Å²) >= 11 is 1.41. The smallest absolute Gasteiger partial charge is 0.230 e. The Morgan fingerprint density at radius 1 is 1.14 bits per heavy atom. The van der Waals surface area contributed by atoms with Crippen molar-refractivity contribution in [2.24, 2.45) is 0 Å². The van der Waals surface area contributed by atoms with Gasteiger partial charge in [0.25, 0.3) is 0 Å². The van der Waals surface area contributed by atoms with Crippen molar-refractivity contribution in [1.29, 1.82) is 0 Å². The normalized spacial score (nSPS) is 11.9. The molecule has 110 valence electrons. The van der Waals surface area contributed by atoms with E-state index < -0.39 is 0 Å². The van der Waals surface area contributed by atoms with Crippen molar-refractivity contribution >= 4 is 17.7 Å². The SMILES string of the molecule is C[C@H](NC(=O)CSCc1ccccc1F)c1ccccc1. The number of carbonyl (C=O) groups is 1. The number of thioether (sulfide) groups is 1. The Morgan fingerprint density at radius 3 is 2.52 bits per heavy atom. The van der Waals surface area contributed by atoms with E-state index in [1.54, 1.807) is 18.2 Å². The van der Waals surface area contributed by atoms with Crippen molar-refractivity contribution in [2.75, 3.05) is 5.75 Å². The van der Waals surface area contributed by atoms with Crippen molar-refractivity contribution in [3.8, 4) is 0 Å². The van der Waals surface area contributed by atoms with Crippen LogP contribution >= 0.6 is 11.8 Å². The first-order valence-electron chi connectivity index (χ1n) is 6.82. The van der Waals surface area contributed by atoms with Crippen molar-refractivity contribution in [3.63, 3.8) is 0 Å². The third-order valence-electron chi connectivity index (χ3n) is 3.13. The molecule has 2 nitrogen and oxygen atoms in total. The van der Waals surface area contributed by atoms with Crippen LogP contribution in [0.15, 0.2) is 54.6 Å². The molecule has 2 aromatic carbocycles. The van der Waals surface area contributed by atoms with Crippen LogP contribution in [-0.4, -0.2) is 11.7 Å². The van der Waals surface area contributed by atoms with E-state index in [-0.39, 0.29) is 17.8 Å². The van der Waals surface area contributed by atoms with Gasteiger partial charge >= 0.3 is 0 Å². The molecule has 0 radical (unpaired) electrons. The van der Waals surface area contributed by atoms with E-state index in [4.69, 9.17) is 0 Å². The summed E-state index contributed by atoms with van der Waals surface area (Å²) in [6.45, 7) is 1.95. The Hall–Kier alpha value is -1.81. The molecular weight excluding hydrogens is 285 g/mol. The van der Waals surface area contributed by atoms with E-state index in [1.165, 1.54) is 17.8 Å². The monoisotopic (exact) mass is 303 g/mol. The third kappa shape index (κ3) is 4.90. The second-order valence-electron chi connectivity index (χ2n) is 4.78. The highest BCUT2D eigenvalue weighted by molar-refractivity contribution is 7.99. The average molecular weight is 303 g/mol. The summed E-state index contributed by atoms with van der Waals surface area (Å²) in [5, 5.41) is 2.94. The largest absolute Gasteiger partial charge is 0.349 e. The third-order valence-corrected chi connectivity index (χ3v) is 4.11. The van der Waals surface area contributed by atoms with Crippen LogP contribution in [0.3, 0.4) is 0 Å². The van der Waals surface area contributed by atoms with Gasteiger partial charge in [0.2, 0.25) is 5.91 Å². The van der Waals surface area contributed by atoms with Crippen LogP contribution in [0.2, 0.25) is 0 Å². The Labute approximate surface area is 128 Å². The second-order valence-corrected chi connectivity index (χ2v) is 5.77. The fourth-order valence-corrected chi connectivity index (χ4v) is 2.80. The Bertz CT molecular complexity index is 588. The summed E-state index contributed by atoms with van der Waals surface area (Å²) in [6.07, 6.45) is 0. The highest BCUT2D eigenvalue weighted by Gasteiger charge is 2.09. The van der Waals surface area contributed by atoms with Crippen LogP contribution in [0.5, 0.6) is 0 Å². The lowest BCUT2D eigenvalue weighted by molar-refractivity contribution is -0.119. The number of nitrogens with one attached hydrogen (secondary N) is 1. The van der Waals surface area contributed by atoms with E-state index >= 15 is 0 Å². The zero-order chi connectivity index (χ0) is 15.1. The maximum absolute atomic E-state index is 13.4. The van der Waals surface area contributed by atoms with Gasteiger partial charge in [-0.25, -0.2) is 4.39 Å². The van der Waals surface area contributed by atoms with Gasteiger partial charge in [-0.1, -0.05) is 48.5 Å². The van der Waals surface area contributed by atoms with Crippen molar-refractivity contribution in [2.45, 2.75) is 18.7 Å². The molecule has 0 saturated carbocycles. The molecule has 0 aliphatic heterocycles. The fraction of sp³-hybridized carbons (Fsp3) is 0.235. The number of rotatable bonds is 6. The molecule has 0 spiro atoms. The van der Waals surface area contributed by atoms with Gasteiger partial charge < -0.3 is 5.32 Å². The quantitative estimate of drug-likeness (QED) is 0.876. The first kappa shape index (κ1) is 15.6. The van der Waals surface area contributed by atoms with E-state index in [0.29, 0.717) is 17.1 Å². The summed E-state index contributed by atoms with van der Waals surface area (Å²) in [5.41, 5.74) is 1.70. The topological polar surface area (TPSA) is 29.1 Å². The van der Waals surface area contributed by atoms with Crippen LogP contribution in [0.1, 0.15) is 24.1 Å². The zero-order valence-electron chi connectivity index (χ0n) is 11.9. The van der Waals surface area contributed by atoms with E-state index in [1.807, 2.05) is 37.3 Å². The van der Waals surface area contributed by atoms with E-state index in [9.17, 15) is 9.18 Å². The number of carbonyl (C=O) groups excluding carboxylic acids is 1. The van der Waals surface area contributed by atoms with Gasteiger partial charge in [-0.15, -0.1) is 11.8 Å². The number of hydrogen-bond acceptors (Lipinski definition) is 2. The Kier molecular flexibility index (Phi) is 5.81. The standard InChI is InChI=1S/C17H18FNOS/c1-13(14-7-3-2-4-8-14)19-17(20)12-21-11-15-9-5-6-10-16(15)18/h2-10,13H,11-12H2,1H3,(H,19,20)/t13-/m0/s1. The molecule has 1 N–H and O–H groups in total. The minimum absolute atomic E-state index is 0.0206. The molecule has 0 aliphatic carbocycles. The van der Waals surface area contributed by atoms with Gasteiger partial charge in [-0.05, 0) is 24.1 Å². The number of hydrogen-bond donors (Lipinski definition) is 1. The summed E-state index contributed by atoms with van der Waals surface area (Å²) in [4.78, 5) is 11.9. The molecule has 21 heavy (non-hydrogen) atoms. The molecule has 1 atom stereocenters. The van der Waals surface area contributed by atoms with Crippen LogP contribution < -0.4 is 5.32 Å². The van der Waals surface area contributed by atoms with E-state index in [2.05, 4.69) is 5.32 Å². The van der Waals surface area contributed by atoms with Gasteiger partial charge in [-0.2, -0.15) is 0 Å². The molecule has 0 bridgehead atoms. The van der Waals surface area contributed by atoms with Crippen molar-refractivity contribution in [1.82, 2.24) is 5.32 Å². The molecule has 2 aromatic rings. The highest BCUT2D eigenvalue weighted by Crippen LogP contribution is 2.16. The zero-order valence-corrected chi connectivity index (χ0v) is 12.7. The fourth-order valence-electron chi connectivity index (χ4n) is 1.98. The number of amides is 1. The molecule has 0 saturated heterocycles. The molecule has 2 rings (SSSR count). The highest BCUT2D eigenvalue weighted by atomic mass is 32.2. The molecule has 0 heterocycles. The molecular formula is C17H18FNOS. The van der Waals surface area contributed by atoms with E-state index in [0.717, 1.165) is 5.56 Å². The van der Waals surface area contributed by atoms with Gasteiger partial charge in [0.15, 0.2) is 0 Å². The molecule has 0 aliphatic rings. The minimum Gasteiger partial charge on any atom is -0.349 e. The molecule has 0 unspecified atom stereocenters. The van der Waals surface area contributed by atoms with Crippen molar-refractivity contribution in [3.05, 3.63) is 71.5 Å². The number of halogens is 1. The van der Waals surface area contributed by atoms with Crippen molar-refractivity contribution < 1.29 is 9.18 Å². The maximum atomic E-state index is 13.4. The van der Waals surface area contributed by atoms with Crippen LogP contribution in [0.25, 0.3) is 0 Å². The molecule has 0 fully saturated rings. The van der Waals surface area contributed by atoms with Crippen LogP contribution in [0.4, 0.5) is 4.39 Å². The summed E-state index contributed by atoms with van der Waals surface area (Å²) in [6, 6.07) is 16.4. The lowest BCUT2D eigenvalue weighted by atomic mass is 10.1. The predicted molar refractivity (Wildman–Crippen MR) is 85.6 cm³/mol. The van der Waals surface area contributed by atoms with Crippen LogP contribution in [-0.2, 0) is 10.5 Å². The molecule has 1 amide bonds. The Morgan fingerprint density at radius 2 is 1.81 bits per heavy atom. The van der Waals surface area contributed by atoms with Gasteiger partial charge in [0, 0.05) is 5.75 Å². The van der Waals surface area contributed by atoms with Crippen LogP contribution in [0, 0.1) is 5.82 Å². The first-order valence-corrected chi connectivity index (χ1v) is 7.97. The lowest BCUT2D eigenvalue weighted by Gasteiger charge is -2.14. The maximum Gasteiger partial charge on any atom is 0.230 e. The molecule has 4 heteroatoms.